The van der Waals surface area contributed by atoms with Gasteiger partial charge in [-0.05, 0) is 93.5 Å². The highest BCUT2D eigenvalue weighted by molar-refractivity contribution is 5.75. The van der Waals surface area contributed by atoms with E-state index in [0.29, 0.717) is 30.9 Å². The van der Waals surface area contributed by atoms with E-state index >= 15 is 0 Å². The number of anilines is 1. The Kier molecular flexibility index (Phi) is 13.3. The largest absolute Gasteiger partial charge is 0.506 e. The van der Waals surface area contributed by atoms with Crippen LogP contribution in [0.15, 0.2) is 77.8 Å². The number of unbranched alkanes of at least 4 members (excludes halogenated alkanes) is 3. The predicted molar refractivity (Wildman–Crippen MR) is 160 cm³/mol. The van der Waals surface area contributed by atoms with Gasteiger partial charge in [0.05, 0.1) is 13.2 Å². The molecule has 1 N–H and O–H groups in total. The van der Waals surface area contributed by atoms with Crippen molar-refractivity contribution < 1.29 is 24.2 Å². The summed E-state index contributed by atoms with van der Waals surface area (Å²) >= 11 is 0. The second kappa shape index (κ2) is 17.5. The summed E-state index contributed by atoms with van der Waals surface area (Å²) in [6.07, 6.45) is 8.19. The van der Waals surface area contributed by atoms with Gasteiger partial charge in [0, 0.05) is 37.0 Å². The molecule has 0 heterocycles. The second-order valence-electron chi connectivity index (χ2n) is 9.46. The first-order valence-electron chi connectivity index (χ1n) is 14.1. The zero-order valence-corrected chi connectivity index (χ0v) is 23.3. The van der Waals surface area contributed by atoms with Gasteiger partial charge in [-0.1, -0.05) is 30.3 Å². The fourth-order valence-electron chi connectivity index (χ4n) is 4.30. The fraction of sp³-hybridized carbons (Fsp3) is 0.364. The lowest BCUT2D eigenvalue weighted by atomic mass is 10.1. The summed E-state index contributed by atoms with van der Waals surface area (Å²) in [6, 6.07) is 22.8. The van der Waals surface area contributed by atoms with Crippen molar-refractivity contribution in [2.75, 3.05) is 31.2 Å². The van der Waals surface area contributed by atoms with Crippen molar-refractivity contribution in [3.8, 4) is 11.5 Å². The van der Waals surface area contributed by atoms with Gasteiger partial charge in [-0.25, -0.2) is 0 Å². The molecule has 3 aromatic rings. The third kappa shape index (κ3) is 10.6. The van der Waals surface area contributed by atoms with Gasteiger partial charge in [0.1, 0.15) is 23.5 Å². The van der Waals surface area contributed by atoms with Crippen molar-refractivity contribution in [3.63, 3.8) is 0 Å². The summed E-state index contributed by atoms with van der Waals surface area (Å²) < 4.78 is 11.2. The number of aldehydes is 1. The SMILES string of the molecule is CCOC(=O)CCCCN(CCc1ccccc1OCCCCC=Nc1ccccc1O)c1ccc(C=O)cc1. The molecule has 0 aliphatic rings. The number of esters is 1. The average molecular weight is 545 g/mol. The van der Waals surface area contributed by atoms with E-state index < -0.39 is 0 Å². The lowest BCUT2D eigenvalue weighted by molar-refractivity contribution is -0.143. The monoisotopic (exact) mass is 544 g/mol. The Hall–Kier alpha value is -4.13. The number of para-hydroxylation sites is 3. The number of carbonyl (C=O) groups excluding carboxylic acids is 2. The van der Waals surface area contributed by atoms with Crippen LogP contribution in [0.5, 0.6) is 11.5 Å². The van der Waals surface area contributed by atoms with Crippen molar-refractivity contribution in [2.24, 2.45) is 4.99 Å². The summed E-state index contributed by atoms with van der Waals surface area (Å²) in [6.45, 7) is 4.42. The Morgan fingerprint density at radius 1 is 0.925 bits per heavy atom. The minimum atomic E-state index is -0.154. The number of nitrogens with zero attached hydrogens (tertiary/aromatic N) is 2. The van der Waals surface area contributed by atoms with Crippen LogP contribution in [0.1, 0.15) is 61.4 Å². The van der Waals surface area contributed by atoms with Crippen molar-refractivity contribution >= 4 is 29.8 Å². The number of carbonyl (C=O) groups is 2. The Morgan fingerprint density at radius 3 is 2.48 bits per heavy atom. The van der Waals surface area contributed by atoms with Crippen LogP contribution in [0, 0.1) is 0 Å². The molecule has 7 heteroatoms. The number of phenols is 1. The smallest absolute Gasteiger partial charge is 0.305 e. The van der Waals surface area contributed by atoms with Crippen molar-refractivity contribution in [2.45, 2.75) is 51.9 Å². The van der Waals surface area contributed by atoms with Gasteiger partial charge in [0.15, 0.2) is 0 Å². The first-order chi connectivity index (χ1) is 19.6. The molecule has 3 rings (SSSR count). The normalized spacial score (nSPS) is 10.9. The van der Waals surface area contributed by atoms with Gasteiger partial charge in [-0.15, -0.1) is 0 Å². The molecule has 0 atom stereocenters. The average Bonchev–Trinajstić information content (AvgIpc) is 2.98. The molecule has 212 valence electrons. The molecule has 0 unspecified atom stereocenters. The van der Waals surface area contributed by atoms with E-state index in [2.05, 4.69) is 16.0 Å². The number of hydrogen-bond donors (Lipinski definition) is 1. The molecule has 0 amide bonds. The minimum Gasteiger partial charge on any atom is -0.506 e. The third-order valence-electron chi connectivity index (χ3n) is 6.48. The van der Waals surface area contributed by atoms with Crippen LogP contribution in [0.4, 0.5) is 11.4 Å². The van der Waals surface area contributed by atoms with Crippen molar-refractivity contribution in [3.05, 3.63) is 83.9 Å². The van der Waals surface area contributed by atoms with E-state index in [1.165, 1.54) is 0 Å². The quantitative estimate of drug-likeness (QED) is 0.0808. The first kappa shape index (κ1) is 30.4. The van der Waals surface area contributed by atoms with Crippen LogP contribution >= 0.6 is 0 Å². The lowest BCUT2D eigenvalue weighted by Gasteiger charge is -2.25. The molecule has 3 aromatic carbocycles. The van der Waals surface area contributed by atoms with Crippen LogP contribution in [0.2, 0.25) is 0 Å². The molecule has 0 aliphatic carbocycles. The maximum absolute atomic E-state index is 11.7. The molecule has 0 spiro atoms. The number of aliphatic imine (C=N–C) groups is 1. The van der Waals surface area contributed by atoms with Gasteiger partial charge < -0.3 is 19.5 Å². The van der Waals surface area contributed by atoms with Crippen LogP contribution in [0.3, 0.4) is 0 Å². The van der Waals surface area contributed by atoms with E-state index in [4.69, 9.17) is 9.47 Å². The summed E-state index contributed by atoms with van der Waals surface area (Å²) in [5.41, 5.74) is 3.42. The van der Waals surface area contributed by atoms with Gasteiger partial charge in [-0.2, -0.15) is 0 Å². The zero-order valence-electron chi connectivity index (χ0n) is 23.3. The molecule has 40 heavy (non-hydrogen) atoms. The molecular weight excluding hydrogens is 504 g/mol. The van der Waals surface area contributed by atoms with E-state index in [0.717, 1.165) is 74.9 Å². The Bertz CT molecular complexity index is 1210. The Labute approximate surface area is 237 Å². The number of rotatable bonds is 18. The number of aromatic hydroxyl groups is 1. The summed E-state index contributed by atoms with van der Waals surface area (Å²) in [5.74, 6) is 0.925. The highest BCUT2D eigenvalue weighted by Crippen LogP contribution is 2.25. The first-order valence-corrected chi connectivity index (χ1v) is 14.1. The zero-order chi connectivity index (χ0) is 28.4. The van der Waals surface area contributed by atoms with Gasteiger partial charge >= 0.3 is 5.97 Å². The summed E-state index contributed by atoms with van der Waals surface area (Å²) in [4.78, 5) is 29.4. The Morgan fingerprint density at radius 2 is 1.70 bits per heavy atom. The molecule has 0 bridgehead atoms. The fourth-order valence-corrected chi connectivity index (χ4v) is 4.30. The standard InChI is InChI=1S/C33H40N2O5/c1-2-39-33(38)16-8-10-23-35(29-19-17-27(26-36)18-20-29)24-21-28-12-4-7-15-32(28)40-25-11-3-9-22-34-30-13-5-6-14-31(30)37/h4-7,12-15,17-20,22,26,37H,2-3,8-11,16,21,23-25H2,1H3. The van der Waals surface area contributed by atoms with Crippen molar-refractivity contribution in [1.29, 1.82) is 0 Å². The van der Waals surface area contributed by atoms with E-state index in [-0.39, 0.29) is 11.7 Å². The highest BCUT2D eigenvalue weighted by atomic mass is 16.5. The highest BCUT2D eigenvalue weighted by Gasteiger charge is 2.11. The summed E-state index contributed by atoms with van der Waals surface area (Å²) in [7, 11) is 0. The van der Waals surface area contributed by atoms with Gasteiger partial charge in [0.25, 0.3) is 0 Å². The maximum Gasteiger partial charge on any atom is 0.305 e. The minimum absolute atomic E-state index is 0.154. The number of hydrogen-bond acceptors (Lipinski definition) is 7. The Balaban J connectivity index is 1.50. The maximum atomic E-state index is 11.7. The predicted octanol–water partition coefficient (Wildman–Crippen LogP) is 6.94. The molecule has 0 fully saturated rings. The molecular formula is C33H40N2O5. The van der Waals surface area contributed by atoms with Crippen LogP contribution in [0.25, 0.3) is 0 Å². The molecule has 0 radical (unpaired) electrons. The second-order valence-corrected chi connectivity index (χ2v) is 9.46. The topological polar surface area (TPSA) is 88.4 Å². The van der Waals surface area contributed by atoms with Crippen molar-refractivity contribution in [1.82, 2.24) is 0 Å². The number of benzene rings is 3. The molecule has 0 aliphatic heterocycles. The lowest BCUT2D eigenvalue weighted by Crippen LogP contribution is -2.27. The van der Waals surface area contributed by atoms with Gasteiger partial charge in [0.2, 0.25) is 0 Å². The molecule has 0 saturated carbocycles. The molecule has 0 saturated heterocycles. The van der Waals surface area contributed by atoms with E-state index in [1.54, 1.807) is 18.2 Å². The van der Waals surface area contributed by atoms with E-state index in [1.807, 2.05) is 61.7 Å². The molecule has 0 aromatic heterocycles. The van der Waals surface area contributed by atoms with Crippen LogP contribution < -0.4 is 9.64 Å². The van der Waals surface area contributed by atoms with E-state index in [9.17, 15) is 14.7 Å². The van der Waals surface area contributed by atoms with Crippen LogP contribution in [-0.4, -0.2) is 49.9 Å². The number of ether oxygens (including phenoxy) is 2. The molecule has 7 nitrogen and oxygen atoms in total. The third-order valence-corrected chi connectivity index (χ3v) is 6.48. The summed E-state index contributed by atoms with van der Waals surface area (Å²) in [5, 5.41) is 9.79. The number of phenolic OH excluding ortho intramolecular Hbond substituents is 1. The van der Waals surface area contributed by atoms with Crippen LogP contribution in [-0.2, 0) is 16.0 Å². The van der Waals surface area contributed by atoms with Gasteiger partial charge in [-0.3, -0.25) is 14.6 Å².